The lowest BCUT2D eigenvalue weighted by atomic mass is 10.2. The summed E-state index contributed by atoms with van der Waals surface area (Å²) in [6.07, 6.45) is 3.89. The number of benzene rings is 1. The van der Waals surface area contributed by atoms with Gasteiger partial charge >= 0.3 is 0 Å². The highest BCUT2D eigenvalue weighted by molar-refractivity contribution is 7.89. The van der Waals surface area contributed by atoms with Crippen molar-refractivity contribution < 1.29 is 9.66 Å². The van der Waals surface area contributed by atoms with Crippen LogP contribution in [0.5, 0.6) is 0 Å². The van der Waals surface area contributed by atoms with E-state index in [-0.39, 0.29) is 6.61 Å². The van der Waals surface area contributed by atoms with Gasteiger partial charge in [0.1, 0.15) is 0 Å². The van der Waals surface area contributed by atoms with Gasteiger partial charge in [0, 0.05) is 18.2 Å². The Morgan fingerprint density at radius 2 is 1.76 bits per heavy atom. The topological polar surface area (TPSA) is 55.3 Å². The molecule has 1 aromatic rings. The van der Waals surface area contributed by atoms with Crippen molar-refractivity contribution in [2.45, 2.75) is 30.6 Å². The fourth-order valence-corrected chi connectivity index (χ4v) is 2.40. The first-order chi connectivity index (χ1) is 8.24. The molecule has 0 heterocycles. The molecule has 0 amide bonds. The monoisotopic (exact) mass is 275 g/mol. The Labute approximate surface area is 110 Å². The van der Waals surface area contributed by atoms with E-state index in [0.29, 0.717) is 5.02 Å². The van der Waals surface area contributed by atoms with Crippen LogP contribution >= 0.6 is 11.6 Å². The highest BCUT2D eigenvalue weighted by Gasteiger charge is 2.09. The maximum Gasteiger partial charge on any atom is 0.174 e. The van der Waals surface area contributed by atoms with Gasteiger partial charge in [-0.3, -0.25) is 0 Å². The van der Waals surface area contributed by atoms with Crippen molar-refractivity contribution in [2.24, 2.45) is 0 Å². The molecule has 1 rings (SSSR count). The average molecular weight is 276 g/mol. The Balaban J connectivity index is 2.16. The molecule has 0 radical (unpaired) electrons. The van der Waals surface area contributed by atoms with E-state index in [1.807, 2.05) is 0 Å². The van der Waals surface area contributed by atoms with Crippen molar-refractivity contribution >= 4 is 23.0 Å². The summed E-state index contributed by atoms with van der Waals surface area (Å²) in [6, 6.07) is 6.99. The van der Waals surface area contributed by atoms with E-state index in [1.165, 1.54) is 0 Å². The van der Waals surface area contributed by atoms with Crippen LogP contribution in [0.4, 0.5) is 0 Å². The van der Waals surface area contributed by atoms with Gasteiger partial charge in [-0.05, 0) is 37.1 Å². The van der Waals surface area contributed by atoms with E-state index >= 15 is 0 Å². The van der Waals surface area contributed by atoms with Crippen LogP contribution in [0, 0.1) is 0 Å². The molecule has 1 unspecified atom stereocenters. The molecule has 3 nitrogen and oxygen atoms in total. The third-order valence-electron chi connectivity index (χ3n) is 2.35. The van der Waals surface area contributed by atoms with Gasteiger partial charge in [-0.25, -0.2) is 0 Å². The molecule has 17 heavy (non-hydrogen) atoms. The minimum Gasteiger partial charge on any atom is -0.593 e. The maximum atomic E-state index is 11.8. The molecule has 0 bridgehead atoms. The van der Waals surface area contributed by atoms with E-state index < -0.39 is 11.4 Å². The van der Waals surface area contributed by atoms with Gasteiger partial charge in [0.25, 0.3) is 0 Å². The van der Waals surface area contributed by atoms with Crippen LogP contribution < -0.4 is 4.72 Å². The summed E-state index contributed by atoms with van der Waals surface area (Å²) in [4.78, 5) is 0.741. The van der Waals surface area contributed by atoms with Crippen molar-refractivity contribution in [3.8, 4) is 0 Å². The number of aliphatic hydroxyl groups excluding tert-OH is 1. The first-order valence-electron chi connectivity index (χ1n) is 5.76. The van der Waals surface area contributed by atoms with Gasteiger partial charge in [-0.1, -0.05) is 24.4 Å². The van der Waals surface area contributed by atoms with Gasteiger partial charge in [-0.2, -0.15) is 0 Å². The minimum atomic E-state index is -1.16. The number of hydrogen-bond donors (Lipinski definition) is 2. The predicted molar refractivity (Wildman–Crippen MR) is 71.4 cm³/mol. The predicted octanol–water partition coefficient (Wildman–Crippen LogP) is 2.50. The molecular weight excluding hydrogens is 258 g/mol. The molecule has 0 aromatic heterocycles. The number of aliphatic hydroxyl groups is 1. The lowest BCUT2D eigenvalue weighted by Gasteiger charge is -2.10. The normalized spacial score (nSPS) is 12.6. The SMILES string of the molecule is [O-][S+](NCCCCCCO)c1ccc(Cl)cc1. The summed E-state index contributed by atoms with van der Waals surface area (Å²) < 4.78 is 14.7. The Morgan fingerprint density at radius 3 is 2.41 bits per heavy atom. The highest BCUT2D eigenvalue weighted by atomic mass is 35.5. The van der Waals surface area contributed by atoms with Gasteiger partial charge in [0.05, 0.1) is 11.4 Å². The van der Waals surface area contributed by atoms with Crippen LogP contribution in [0.3, 0.4) is 0 Å². The Morgan fingerprint density at radius 1 is 1.12 bits per heavy atom. The molecule has 2 N–H and O–H groups in total. The van der Waals surface area contributed by atoms with Crippen LogP contribution in [-0.4, -0.2) is 22.8 Å². The number of hydrogen-bond acceptors (Lipinski definition) is 3. The molecule has 1 aromatic carbocycles. The number of halogens is 1. The van der Waals surface area contributed by atoms with Crippen molar-refractivity contribution in [3.05, 3.63) is 29.3 Å². The van der Waals surface area contributed by atoms with Gasteiger partial charge in [-0.15, -0.1) is 4.72 Å². The van der Waals surface area contributed by atoms with Crippen LogP contribution in [0.25, 0.3) is 0 Å². The minimum absolute atomic E-state index is 0.254. The van der Waals surface area contributed by atoms with Crippen molar-refractivity contribution in [2.75, 3.05) is 13.2 Å². The number of unbranched alkanes of at least 4 members (excludes halogenated alkanes) is 3. The zero-order chi connectivity index (χ0) is 12.5. The molecule has 0 aliphatic rings. The van der Waals surface area contributed by atoms with Crippen LogP contribution in [0.1, 0.15) is 25.7 Å². The largest absolute Gasteiger partial charge is 0.593 e. The molecule has 5 heteroatoms. The summed E-state index contributed by atoms with van der Waals surface area (Å²) in [7, 11) is 0. The van der Waals surface area contributed by atoms with E-state index in [4.69, 9.17) is 16.7 Å². The standard InChI is InChI=1S/C12H18ClNO2S/c13-11-5-7-12(8-6-11)17(16)14-9-3-1-2-4-10-15/h5-8,14-15H,1-4,9-10H2. The quantitative estimate of drug-likeness (QED) is 0.566. The molecule has 0 saturated carbocycles. The summed E-state index contributed by atoms with van der Waals surface area (Å²) in [5.41, 5.74) is 0. The third kappa shape index (κ3) is 6.29. The second kappa shape index (κ2) is 8.78. The van der Waals surface area contributed by atoms with E-state index in [9.17, 15) is 4.55 Å². The lowest BCUT2D eigenvalue weighted by Crippen LogP contribution is -2.24. The fourth-order valence-electron chi connectivity index (χ4n) is 1.40. The Hall–Kier alpha value is -0.260. The Kier molecular flexibility index (Phi) is 7.64. The summed E-state index contributed by atoms with van der Waals surface area (Å²) >= 11 is 4.59. The fraction of sp³-hybridized carbons (Fsp3) is 0.500. The lowest BCUT2D eigenvalue weighted by molar-refractivity contribution is 0.282. The first kappa shape index (κ1) is 14.8. The van der Waals surface area contributed by atoms with Gasteiger partial charge in [0.2, 0.25) is 0 Å². The molecule has 0 aliphatic heterocycles. The van der Waals surface area contributed by atoms with E-state index in [0.717, 1.165) is 37.1 Å². The summed E-state index contributed by atoms with van der Waals surface area (Å²) in [5, 5.41) is 9.25. The zero-order valence-corrected chi connectivity index (χ0v) is 11.3. The molecular formula is C12H18ClNO2S. The average Bonchev–Trinajstić information content (AvgIpc) is 2.34. The summed E-state index contributed by atoms with van der Waals surface area (Å²) in [6.45, 7) is 0.977. The van der Waals surface area contributed by atoms with Crippen molar-refractivity contribution in [1.29, 1.82) is 0 Å². The van der Waals surface area contributed by atoms with Crippen molar-refractivity contribution in [1.82, 2.24) is 4.72 Å². The first-order valence-corrected chi connectivity index (χ1v) is 7.28. The smallest absolute Gasteiger partial charge is 0.174 e. The molecule has 0 spiro atoms. The second-order valence-electron chi connectivity index (χ2n) is 3.75. The zero-order valence-electron chi connectivity index (χ0n) is 9.69. The van der Waals surface area contributed by atoms with E-state index in [2.05, 4.69) is 4.72 Å². The molecule has 96 valence electrons. The number of nitrogens with one attached hydrogen (secondary N) is 1. The molecule has 0 aliphatic carbocycles. The maximum absolute atomic E-state index is 11.8. The van der Waals surface area contributed by atoms with Crippen LogP contribution in [0.15, 0.2) is 29.2 Å². The third-order valence-corrected chi connectivity index (χ3v) is 3.76. The number of rotatable bonds is 8. The van der Waals surface area contributed by atoms with Crippen LogP contribution in [-0.2, 0) is 11.4 Å². The van der Waals surface area contributed by atoms with Gasteiger partial charge < -0.3 is 9.66 Å². The Bertz CT molecular complexity index is 308. The molecule has 0 fully saturated rings. The van der Waals surface area contributed by atoms with Gasteiger partial charge in [0.15, 0.2) is 4.90 Å². The van der Waals surface area contributed by atoms with Crippen molar-refractivity contribution in [3.63, 3.8) is 0 Å². The van der Waals surface area contributed by atoms with E-state index in [1.54, 1.807) is 24.3 Å². The molecule has 1 atom stereocenters. The second-order valence-corrected chi connectivity index (χ2v) is 5.49. The highest BCUT2D eigenvalue weighted by Crippen LogP contribution is 2.13. The summed E-state index contributed by atoms with van der Waals surface area (Å²) in [5.74, 6) is 0. The van der Waals surface area contributed by atoms with Crippen LogP contribution in [0.2, 0.25) is 5.02 Å². The molecule has 0 saturated heterocycles.